The van der Waals surface area contributed by atoms with Crippen LogP contribution in [-0.2, 0) is 13.0 Å². The van der Waals surface area contributed by atoms with Gasteiger partial charge in [0, 0.05) is 36.6 Å². The topological polar surface area (TPSA) is 117 Å². The summed E-state index contributed by atoms with van der Waals surface area (Å²) in [7, 11) is -0.957. The maximum Gasteiger partial charge on any atom is 0.274 e. The van der Waals surface area contributed by atoms with Gasteiger partial charge in [0.15, 0.2) is 27.5 Å². The molecule has 260 valence electrons. The highest BCUT2D eigenvalue weighted by atomic mass is 28.2. The molecule has 0 saturated heterocycles. The van der Waals surface area contributed by atoms with Crippen molar-refractivity contribution in [1.82, 2.24) is 24.6 Å². The minimum atomic E-state index is -0.957. The molecule has 2 N–H and O–H groups in total. The van der Waals surface area contributed by atoms with E-state index < -0.39 is 9.68 Å². The second-order valence-electron chi connectivity index (χ2n) is 13.0. The summed E-state index contributed by atoms with van der Waals surface area (Å²) in [4.78, 5) is 39.6. The van der Waals surface area contributed by atoms with Crippen molar-refractivity contribution >= 4 is 32.4 Å². The van der Waals surface area contributed by atoms with Gasteiger partial charge in [-0.1, -0.05) is 75.2 Å². The van der Waals surface area contributed by atoms with Crippen LogP contribution in [0.25, 0.3) is 17.0 Å². The molecular weight excluding hydrogens is 645 g/mol. The standard InChI is InChI=1S/C39H46N6O4Si/c1-4-6-18-43(19-7-5-2)39(48)35-20-27(3)45(41-35)36-17-14-31(42-50-33-15-12-28(13-16-33)37-23-40-26-49-37)22-34(36)38(47)44-24-30-11-9-8-10-29(30)21-32(44)25-46/h8-17,20,22-23,26,32,42,46H,4-7,18-19,21,24-25,50H2,1-3H3. The monoisotopic (exact) mass is 690 g/mol. The number of aliphatic hydroxyl groups excluding tert-OH is 1. The Labute approximate surface area is 296 Å². The number of hydrogen-bond donors (Lipinski definition) is 2. The van der Waals surface area contributed by atoms with Gasteiger partial charge in [0.2, 0.25) is 0 Å². The zero-order valence-electron chi connectivity index (χ0n) is 29.1. The van der Waals surface area contributed by atoms with E-state index in [0.29, 0.717) is 43.0 Å². The molecule has 5 aromatic rings. The zero-order chi connectivity index (χ0) is 35.0. The van der Waals surface area contributed by atoms with E-state index in [1.165, 1.54) is 11.6 Å². The zero-order valence-corrected chi connectivity index (χ0v) is 30.6. The van der Waals surface area contributed by atoms with E-state index in [4.69, 9.17) is 9.52 Å². The summed E-state index contributed by atoms with van der Waals surface area (Å²) in [5, 5.41) is 16.4. The van der Waals surface area contributed by atoms with Crippen molar-refractivity contribution in [2.75, 3.05) is 24.7 Å². The van der Waals surface area contributed by atoms with Crippen molar-refractivity contribution in [2.24, 2.45) is 0 Å². The van der Waals surface area contributed by atoms with Crippen LogP contribution in [0.1, 0.15) is 77.2 Å². The maximum atomic E-state index is 14.6. The second kappa shape index (κ2) is 16.1. The maximum absolute atomic E-state index is 14.6. The van der Waals surface area contributed by atoms with Crippen LogP contribution < -0.4 is 10.2 Å². The van der Waals surface area contributed by atoms with E-state index in [-0.39, 0.29) is 24.5 Å². The number of fused-ring (bicyclic) bond motifs is 1. The largest absolute Gasteiger partial charge is 0.444 e. The smallest absolute Gasteiger partial charge is 0.274 e. The lowest BCUT2D eigenvalue weighted by molar-refractivity contribution is 0.0544. The van der Waals surface area contributed by atoms with Crippen LogP contribution in [0.3, 0.4) is 0 Å². The second-order valence-corrected chi connectivity index (χ2v) is 14.5. The summed E-state index contributed by atoms with van der Waals surface area (Å²) in [5.41, 5.74) is 6.20. The van der Waals surface area contributed by atoms with Gasteiger partial charge in [-0.05, 0) is 66.8 Å². The molecule has 1 aliphatic heterocycles. The molecule has 3 heterocycles. The van der Waals surface area contributed by atoms with Crippen LogP contribution in [0, 0.1) is 6.92 Å². The summed E-state index contributed by atoms with van der Waals surface area (Å²) in [5.74, 6) is 0.443. The number of aryl methyl sites for hydroxylation is 1. The molecular formula is C39H46N6O4Si. The first-order chi connectivity index (χ1) is 24.4. The molecule has 2 aromatic heterocycles. The lowest BCUT2D eigenvalue weighted by Gasteiger charge is -2.36. The quantitative estimate of drug-likeness (QED) is 0.153. The third-order valence-electron chi connectivity index (χ3n) is 9.41. The number of hydrogen-bond acceptors (Lipinski definition) is 7. The summed E-state index contributed by atoms with van der Waals surface area (Å²) >= 11 is 0. The Bertz CT molecular complexity index is 1900. The van der Waals surface area contributed by atoms with Crippen LogP contribution in [0.4, 0.5) is 5.69 Å². The van der Waals surface area contributed by atoms with E-state index in [1.54, 1.807) is 15.8 Å². The van der Waals surface area contributed by atoms with Gasteiger partial charge < -0.3 is 24.3 Å². The number of oxazole rings is 1. The van der Waals surface area contributed by atoms with Gasteiger partial charge in [-0.15, -0.1) is 0 Å². The number of carbonyl (C=O) groups excluding carboxylic acids is 2. The van der Waals surface area contributed by atoms with Crippen molar-refractivity contribution in [1.29, 1.82) is 0 Å². The lowest BCUT2D eigenvalue weighted by atomic mass is 9.93. The minimum Gasteiger partial charge on any atom is -0.444 e. The Balaban J connectivity index is 1.32. The molecule has 0 aliphatic carbocycles. The number of carbonyl (C=O) groups is 2. The number of unbranched alkanes of at least 4 members (excludes halogenated alkanes) is 2. The van der Waals surface area contributed by atoms with Crippen molar-refractivity contribution in [3.63, 3.8) is 0 Å². The first-order valence-electron chi connectivity index (χ1n) is 17.6. The van der Waals surface area contributed by atoms with Crippen molar-refractivity contribution < 1.29 is 19.1 Å². The molecule has 6 rings (SSSR count). The average Bonchev–Trinajstić information content (AvgIpc) is 3.83. The molecule has 1 unspecified atom stereocenters. The molecule has 50 heavy (non-hydrogen) atoms. The normalized spacial score (nSPS) is 14.2. The molecule has 2 amide bonds. The van der Waals surface area contributed by atoms with Gasteiger partial charge >= 0.3 is 0 Å². The Morgan fingerprint density at radius 3 is 2.42 bits per heavy atom. The van der Waals surface area contributed by atoms with E-state index in [2.05, 4.69) is 42.0 Å². The number of rotatable bonds is 14. The van der Waals surface area contributed by atoms with E-state index in [0.717, 1.165) is 59.5 Å². The molecule has 3 aromatic carbocycles. The van der Waals surface area contributed by atoms with Crippen LogP contribution in [0.5, 0.6) is 0 Å². The number of aliphatic hydroxyl groups is 1. The van der Waals surface area contributed by atoms with Crippen LogP contribution in [0.15, 0.2) is 89.8 Å². The third-order valence-corrected chi connectivity index (χ3v) is 10.9. The van der Waals surface area contributed by atoms with E-state index in [9.17, 15) is 14.7 Å². The fraction of sp³-hybridized carbons (Fsp3) is 0.333. The van der Waals surface area contributed by atoms with E-state index in [1.807, 2.05) is 66.4 Å². The lowest BCUT2D eigenvalue weighted by Crippen LogP contribution is -2.46. The number of anilines is 1. The number of amides is 2. The first kappa shape index (κ1) is 34.8. The highest BCUT2D eigenvalue weighted by Gasteiger charge is 2.32. The van der Waals surface area contributed by atoms with Crippen molar-refractivity contribution in [2.45, 2.75) is 65.5 Å². The van der Waals surface area contributed by atoms with Gasteiger partial charge in [-0.2, -0.15) is 5.10 Å². The third kappa shape index (κ3) is 7.74. The van der Waals surface area contributed by atoms with Crippen molar-refractivity contribution in [3.05, 3.63) is 113 Å². The van der Waals surface area contributed by atoms with Gasteiger partial charge in [-0.25, -0.2) is 9.67 Å². The number of aromatic nitrogens is 3. The van der Waals surface area contributed by atoms with Gasteiger partial charge in [0.25, 0.3) is 11.8 Å². The summed E-state index contributed by atoms with van der Waals surface area (Å²) in [6.45, 7) is 7.80. The Kier molecular flexibility index (Phi) is 11.2. The van der Waals surface area contributed by atoms with Crippen LogP contribution in [-0.4, -0.2) is 76.9 Å². The number of benzene rings is 3. The van der Waals surface area contributed by atoms with Crippen LogP contribution >= 0.6 is 0 Å². The fourth-order valence-electron chi connectivity index (χ4n) is 6.49. The summed E-state index contributed by atoms with van der Waals surface area (Å²) < 4.78 is 7.14. The SMILES string of the molecule is CCCCN(CCCC)C(=O)c1cc(C)n(-c2ccc(N[SiH2]c3ccc(-c4cnco4)cc3)cc2C(=O)N2Cc3ccccc3CC2CO)n1. The minimum absolute atomic E-state index is 0.0896. The van der Waals surface area contributed by atoms with Crippen molar-refractivity contribution in [3.8, 4) is 17.0 Å². The molecule has 0 bridgehead atoms. The molecule has 0 radical (unpaired) electrons. The van der Waals surface area contributed by atoms with Gasteiger partial charge in [0.1, 0.15) is 0 Å². The van der Waals surface area contributed by atoms with Crippen LogP contribution in [0.2, 0.25) is 0 Å². The predicted molar refractivity (Wildman–Crippen MR) is 199 cm³/mol. The molecule has 11 heteroatoms. The predicted octanol–water partition coefficient (Wildman–Crippen LogP) is 5.26. The number of nitrogens with zero attached hydrogens (tertiary/aromatic N) is 5. The molecule has 10 nitrogen and oxygen atoms in total. The summed E-state index contributed by atoms with van der Waals surface area (Å²) in [6, 6.07) is 23.5. The van der Waals surface area contributed by atoms with E-state index >= 15 is 0 Å². The van der Waals surface area contributed by atoms with Gasteiger partial charge in [-0.3, -0.25) is 9.59 Å². The molecule has 1 atom stereocenters. The average molecular weight is 691 g/mol. The highest BCUT2D eigenvalue weighted by molar-refractivity contribution is 6.56. The molecule has 0 saturated carbocycles. The first-order valence-corrected chi connectivity index (χ1v) is 19.0. The van der Waals surface area contributed by atoms with Gasteiger partial charge in [0.05, 0.1) is 30.1 Å². The Morgan fingerprint density at radius 1 is 1.00 bits per heavy atom. The highest BCUT2D eigenvalue weighted by Crippen LogP contribution is 2.29. The molecule has 1 aliphatic rings. The molecule has 0 fully saturated rings. The Hall–Kier alpha value is -5.00. The molecule has 0 spiro atoms. The number of nitrogens with one attached hydrogen (secondary N) is 1. The summed E-state index contributed by atoms with van der Waals surface area (Å²) in [6.07, 6.45) is 7.57. The Morgan fingerprint density at radius 2 is 1.74 bits per heavy atom. The fourth-order valence-corrected chi connectivity index (χ4v) is 7.59.